The van der Waals surface area contributed by atoms with E-state index in [-0.39, 0.29) is 11.8 Å². The van der Waals surface area contributed by atoms with Gasteiger partial charge in [0.1, 0.15) is 23.8 Å². The van der Waals surface area contributed by atoms with E-state index in [1.807, 2.05) is 17.5 Å². The number of nitrogens with one attached hydrogen (secondary N) is 1. The molecule has 142 valence electrons. The van der Waals surface area contributed by atoms with Gasteiger partial charge in [0.05, 0.1) is 19.1 Å². The second kappa shape index (κ2) is 7.17. The number of nitrogen functional groups attached to an aromatic ring is 1. The summed E-state index contributed by atoms with van der Waals surface area (Å²) in [6.45, 7) is -0.428. The summed E-state index contributed by atoms with van der Waals surface area (Å²) < 4.78 is 6.96. The van der Waals surface area contributed by atoms with Gasteiger partial charge in [-0.05, 0) is 11.4 Å². The van der Waals surface area contributed by atoms with Gasteiger partial charge in [0.2, 0.25) is 5.95 Å². The fourth-order valence-electron chi connectivity index (χ4n) is 2.80. The maximum atomic E-state index is 10.2. The highest BCUT2D eigenvalue weighted by Gasteiger charge is 2.44. The Labute approximate surface area is 156 Å². The lowest BCUT2D eigenvalue weighted by Crippen LogP contribution is -2.33. The van der Waals surface area contributed by atoms with E-state index in [0.29, 0.717) is 11.2 Å². The average molecular weight is 391 g/mol. The molecule has 12 heteroatoms. The number of hydrazone groups is 1. The van der Waals surface area contributed by atoms with Crippen LogP contribution in [0.1, 0.15) is 11.1 Å². The summed E-state index contributed by atoms with van der Waals surface area (Å²) in [4.78, 5) is 13.5. The first-order valence-corrected chi connectivity index (χ1v) is 8.91. The summed E-state index contributed by atoms with van der Waals surface area (Å²) in [6, 6.07) is 3.82. The molecule has 4 atom stereocenters. The van der Waals surface area contributed by atoms with Crippen molar-refractivity contribution in [2.24, 2.45) is 5.10 Å². The van der Waals surface area contributed by atoms with Crippen molar-refractivity contribution in [3.8, 4) is 0 Å². The van der Waals surface area contributed by atoms with E-state index in [1.54, 1.807) is 6.21 Å². The van der Waals surface area contributed by atoms with Crippen molar-refractivity contribution in [1.82, 2.24) is 19.5 Å². The third-order valence-electron chi connectivity index (χ3n) is 4.14. The molecule has 3 aromatic heterocycles. The molecule has 0 amide bonds. The maximum Gasteiger partial charge on any atom is 0.247 e. The molecular formula is C15H17N7O4S. The fraction of sp³-hybridized carbons (Fsp3) is 0.333. The van der Waals surface area contributed by atoms with Gasteiger partial charge in [-0.25, -0.2) is 10.4 Å². The van der Waals surface area contributed by atoms with E-state index in [0.717, 1.165) is 4.88 Å². The Hall–Kier alpha value is -2.64. The van der Waals surface area contributed by atoms with Crippen LogP contribution in [-0.4, -0.2) is 66.0 Å². The summed E-state index contributed by atoms with van der Waals surface area (Å²) in [5.41, 5.74) is 9.26. The van der Waals surface area contributed by atoms with Crippen molar-refractivity contribution in [1.29, 1.82) is 0 Å². The Bertz CT molecular complexity index is 961. The van der Waals surface area contributed by atoms with E-state index in [1.165, 1.54) is 22.2 Å². The van der Waals surface area contributed by atoms with Crippen LogP contribution in [0.25, 0.3) is 11.2 Å². The number of hydrogen-bond donors (Lipinski definition) is 5. The quantitative estimate of drug-likeness (QED) is 0.285. The SMILES string of the molecule is Nc1nc(NN=Cc2cccs2)nc2c1ncn2[C@@H]1O[C@H](CO)C(O)C1O. The number of aliphatic hydroxyl groups is 3. The van der Waals surface area contributed by atoms with Crippen molar-refractivity contribution >= 4 is 40.5 Å². The molecule has 0 bridgehead atoms. The molecule has 0 saturated carbocycles. The molecule has 1 aliphatic heterocycles. The van der Waals surface area contributed by atoms with Crippen LogP contribution < -0.4 is 11.2 Å². The molecule has 4 heterocycles. The van der Waals surface area contributed by atoms with Gasteiger partial charge in [0, 0.05) is 4.88 Å². The van der Waals surface area contributed by atoms with Crippen molar-refractivity contribution in [3.63, 3.8) is 0 Å². The first kappa shape index (κ1) is 17.8. The molecule has 4 rings (SSSR count). The number of hydrogen-bond acceptors (Lipinski definition) is 11. The highest BCUT2D eigenvalue weighted by molar-refractivity contribution is 7.11. The second-order valence-electron chi connectivity index (χ2n) is 5.87. The van der Waals surface area contributed by atoms with Crippen LogP contribution in [0.15, 0.2) is 28.9 Å². The number of aromatic nitrogens is 4. The zero-order chi connectivity index (χ0) is 19.0. The van der Waals surface area contributed by atoms with Gasteiger partial charge in [-0.3, -0.25) is 4.57 Å². The van der Waals surface area contributed by atoms with Crippen molar-refractivity contribution in [2.75, 3.05) is 17.8 Å². The number of aliphatic hydroxyl groups excluding tert-OH is 3. The third-order valence-corrected chi connectivity index (χ3v) is 4.95. The van der Waals surface area contributed by atoms with Crippen LogP contribution >= 0.6 is 11.3 Å². The molecule has 1 saturated heterocycles. The fourth-order valence-corrected chi connectivity index (χ4v) is 3.39. The Morgan fingerprint density at radius 2 is 2.22 bits per heavy atom. The zero-order valence-electron chi connectivity index (χ0n) is 13.9. The Balaban J connectivity index is 1.64. The molecule has 1 fully saturated rings. The lowest BCUT2D eigenvalue weighted by molar-refractivity contribution is -0.0511. The number of ether oxygens (including phenoxy) is 1. The minimum Gasteiger partial charge on any atom is -0.394 e. The average Bonchev–Trinajstić information content (AvgIpc) is 3.37. The van der Waals surface area contributed by atoms with Crippen LogP contribution in [0, 0.1) is 0 Å². The lowest BCUT2D eigenvalue weighted by Gasteiger charge is -2.16. The molecule has 0 aromatic carbocycles. The summed E-state index contributed by atoms with van der Waals surface area (Å²) in [5, 5.41) is 35.4. The molecule has 27 heavy (non-hydrogen) atoms. The number of nitrogens with zero attached hydrogens (tertiary/aromatic N) is 5. The first-order chi connectivity index (χ1) is 13.1. The minimum atomic E-state index is -1.26. The molecule has 0 aliphatic carbocycles. The molecule has 2 unspecified atom stereocenters. The van der Waals surface area contributed by atoms with Gasteiger partial charge in [-0.15, -0.1) is 11.3 Å². The number of thiophene rings is 1. The predicted octanol–water partition coefficient (Wildman–Crippen LogP) is -0.473. The van der Waals surface area contributed by atoms with E-state index >= 15 is 0 Å². The molecule has 1 aliphatic rings. The summed E-state index contributed by atoms with van der Waals surface area (Å²) >= 11 is 1.53. The molecule has 0 radical (unpaired) electrons. The van der Waals surface area contributed by atoms with Gasteiger partial charge in [-0.2, -0.15) is 15.1 Å². The molecular weight excluding hydrogens is 374 g/mol. The van der Waals surface area contributed by atoms with Crippen molar-refractivity contribution < 1.29 is 20.1 Å². The topological polar surface area (TPSA) is 164 Å². The normalized spacial score (nSPS) is 25.6. The summed E-state index contributed by atoms with van der Waals surface area (Å²) in [6.07, 6.45) is -1.37. The van der Waals surface area contributed by atoms with Crippen LogP contribution in [-0.2, 0) is 4.74 Å². The molecule has 0 spiro atoms. The summed E-state index contributed by atoms with van der Waals surface area (Å²) in [7, 11) is 0. The molecule has 6 N–H and O–H groups in total. The maximum absolute atomic E-state index is 10.2. The van der Waals surface area contributed by atoms with Gasteiger partial charge in [0.25, 0.3) is 0 Å². The van der Waals surface area contributed by atoms with E-state index in [2.05, 4.69) is 25.5 Å². The van der Waals surface area contributed by atoms with E-state index < -0.39 is 31.1 Å². The van der Waals surface area contributed by atoms with Crippen LogP contribution in [0.2, 0.25) is 0 Å². The minimum absolute atomic E-state index is 0.124. The monoisotopic (exact) mass is 391 g/mol. The first-order valence-electron chi connectivity index (χ1n) is 8.03. The smallest absolute Gasteiger partial charge is 0.247 e. The Morgan fingerprint density at radius 3 is 2.93 bits per heavy atom. The second-order valence-corrected chi connectivity index (χ2v) is 6.85. The van der Waals surface area contributed by atoms with Crippen LogP contribution in [0.5, 0.6) is 0 Å². The standard InChI is InChI=1S/C15H17N7O4S/c16-12-9-13(20-15(19-12)21-18-4-7-2-1-3-27-7)22(6-17-9)14-11(25)10(24)8(5-23)26-14/h1-4,6,8,10-11,14,23-25H,5H2,(H3,16,19,20,21)/t8-,10?,11?,14-/m1/s1. The number of nitrogens with two attached hydrogens (primary N) is 1. The number of rotatable bonds is 5. The number of anilines is 2. The Kier molecular flexibility index (Phi) is 4.72. The Morgan fingerprint density at radius 1 is 1.37 bits per heavy atom. The van der Waals surface area contributed by atoms with E-state index in [4.69, 9.17) is 10.5 Å². The van der Waals surface area contributed by atoms with E-state index in [9.17, 15) is 15.3 Å². The third kappa shape index (κ3) is 3.24. The molecule has 3 aromatic rings. The van der Waals surface area contributed by atoms with Gasteiger partial charge >= 0.3 is 0 Å². The molecule has 11 nitrogen and oxygen atoms in total. The number of imidazole rings is 1. The predicted molar refractivity (Wildman–Crippen MR) is 98.3 cm³/mol. The lowest BCUT2D eigenvalue weighted by atomic mass is 10.1. The van der Waals surface area contributed by atoms with Crippen molar-refractivity contribution in [3.05, 3.63) is 28.7 Å². The van der Waals surface area contributed by atoms with Crippen LogP contribution in [0.3, 0.4) is 0 Å². The van der Waals surface area contributed by atoms with Gasteiger partial charge < -0.3 is 25.8 Å². The van der Waals surface area contributed by atoms with Crippen molar-refractivity contribution in [2.45, 2.75) is 24.5 Å². The number of fused-ring (bicyclic) bond motifs is 1. The highest BCUT2D eigenvalue weighted by atomic mass is 32.1. The highest BCUT2D eigenvalue weighted by Crippen LogP contribution is 2.32. The largest absolute Gasteiger partial charge is 0.394 e. The summed E-state index contributed by atoms with van der Waals surface area (Å²) in [5.74, 6) is 0.264. The van der Waals surface area contributed by atoms with Gasteiger partial charge in [0.15, 0.2) is 17.7 Å². The van der Waals surface area contributed by atoms with Gasteiger partial charge in [-0.1, -0.05) is 6.07 Å². The van der Waals surface area contributed by atoms with Crippen LogP contribution in [0.4, 0.5) is 11.8 Å². The zero-order valence-corrected chi connectivity index (χ0v) is 14.7.